The normalized spacial score (nSPS) is 22.9. The van der Waals surface area contributed by atoms with Gasteiger partial charge in [-0.3, -0.25) is 10.2 Å². The first-order valence-corrected chi connectivity index (χ1v) is 14.6. The smallest absolute Gasteiger partial charge is 0.101 e. The molecule has 0 saturated carbocycles. The summed E-state index contributed by atoms with van der Waals surface area (Å²) in [5.41, 5.74) is 2.65. The highest BCUT2D eigenvalue weighted by Gasteiger charge is 2.23. The van der Waals surface area contributed by atoms with Gasteiger partial charge in [-0.25, -0.2) is 0 Å². The van der Waals surface area contributed by atoms with E-state index in [0.717, 1.165) is 50.1 Å². The van der Waals surface area contributed by atoms with Gasteiger partial charge in [0, 0.05) is 40.6 Å². The van der Waals surface area contributed by atoms with Crippen molar-refractivity contribution < 1.29 is 4.74 Å². The molecule has 0 amide bonds. The second kappa shape index (κ2) is 13.3. The van der Waals surface area contributed by atoms with Crippen LogP contribution in [0.1, 0.15) is 56.4 Å². The zero-order chi connectivity index (χ0) is 25.5. The topological polar surface area (TPSA) is 32.7 Å². The van der Waals surface area contributed by atoms with Gasteiger partial charge >= 0.3 is 0 Å². The Balaban J connectivity index is 1.13. The summed E-state index contributed by atoms with van der Waals surface area (Å²) in [7, 11) is 2.23. The summed E-state index contributed by atoms with van der Waals surface area (Å²) < 4.78 is 8.35. The summed E-state index contributed by atoms with van der Waals surface area (Å²) >= 11 is 6.18. The molecule has 5 rings (SSSR count). The summed E-state index contributed by atoms with van der Waals surface area (Å²) in [5, 5.41) is 6.98. The van der Waals surface area contributed by atoms with E-state index in [2.05, 4.69) is 69.4 Å². The van der Waals surface area contributed by atoms with E-state index >= 15 is 0 Å². The van der Waals surface area contributed by atoms with Crippen LogP contribution in [-0.4, -0.2) is 67.6 Å². The van der Waals surface area contributed by atoms with E-state index in [1.807, 2.05) is 12.1 Å². The van der Waals surface area contributed by atoms with E-state index in [-0.39, 0.29) is 0 Å². The van der Waals surface area contributed by atoms with Crippen LogP contribution in [0.15, 0.2) is 42.6 Å². The van der Waals surface area contributed by atoms with E-state index in [1.165, 1.54) is 67.0 Å². The number of piperidine rings is 2. The highest BCUT2D eigenvalue weighted by atomic mass is 35.5. The lowest BCUT2D eigenvalue weighted by atomic mass is 9.90. The second-order valence-corrected chi connectivity index (χ2v) is 11.4. The van der Waals surface area contributed by atoms with E-state index in [1.54, 1.807) is 0 Å². The molecule has 0 unspecified atom stereocenters. The second-order valence-electron chi connectivity index (χ2n) is 11.0. The van der Waals surface area contributed by atoms with Gasteiger partial charge in [-0.1, -0.05) is 35.9 Å². The number of benzene rings is 1. The van der Waals surface area contributed by atoms with Crippen LogP contribution in [0.2, 0.25) is 5.02 Å². The molecular weight excluding hydrogens is 480 g/mol. The predicted octanol–water partition coefficient (Wildman–Crippen LogP) is 4.47. The van der Waals surface area contributed by atoms with Crippen LogP contribution in [-0.2, 0) is 4.74 Å². The number of rotatable bonds is 9. The predicted molar refractivity (Wildman–Crippen MR) is 155 cm³/mol. The van der Waals surface area contributed by atoms with Crippen molar-refractivity contribution in [1.82, 2.24) is 19.7 Å². The van der Waals surface area contributed by atoms with Crippen LogP contribution in [0.3, 0.4) is 0 Å². The average Bonchev–Trinajstić information content (AvgIpc) is 3.24. The molecule has 6 heteroatoms. The molecule has 3 heterocycles. The molecule has 2 fully saturated rings. The Morgan fingerprint density at radius 3 is 2.57 bits per heavy atom. The number of hydrogen-bond acceptors (Lipinski definition) is 4. The first-order chi connectivity index (χ1) is 18.2. The zero-order valence-electron chi connectivity index (χ0n) is 22.4. The number of ether oxygens (including phenoxy) is 1. The molecule has 5 nitrogen and oxygen atoms in total. The fraction of sp³-hybridized carbons (Fsp3) is 0.548. The maximum Gasteiger partial charge on any atom is 0.101 e. The van der Waals surface area contributed by atoms with Gasteiger partial charge in [0.25, 0.3) is 0 Å². The van der Waals surface area contributed by atoms with E-state index in [9.17, 15) is 0 Å². The summed E-state index contributed by atoms with van der Waals surface area (Å²) in [4.78, 5) is 4.90. The number of allylic oxidation sites excluding steroid dienone is 2. The molecule has 1 aliphatic carbocycles. The summed E-state index contributed by atoms with van der Waals surface area (Å²) in [6.07, 6.45) is 20.1. The Labute approximate surface area is 227 Å². The molecule has 2 saturated heterocycles. The summed E-state index contributed by atoms with van der Waals surface area (Å²) in [5.74, 6) is 1.45. The Bertz CT molecular complexity index is 1140. The number of aromatic nitrogens is 1. The van der Waals surface area contributed by atoms with Crippen LogP contribution < -0.4 is 15.9 Å². The number of fused-ring (bicyclic) bond motifs is 1. The molecule has 2 aliphatic heterocycles. The van der Waals surface area contributed by atoms with Crippen molar-refractivity contribution in [3.05, 3.63) is 63.8 Å². The first kappa shape index (κ1) is 26.7. The van der Waals surface area contributed by atoms with E-state index in [0.29, 0.717) is 12.6 Å². The molecule has 200 valence electrons. The van der Waals surface area contributed by atoms with Gasteiger partial charge < -0.3 is 14.2 Å². The number of nitrogens with one attached hydrogen (secondary N) is 1. The van der Waals surface area contributed by atoms with E-state index < -0.39 is 0 Å². The summed E-state index contributed by atoms with van der Waals surface area (Å²) in [6.45, 7) is 7.11. The first-order valence-electron chi connectivity index (χ1n) is 14.2. The van der Waals surface area contributed by atoms with Crippen molar-refractivity contribution in [3.63, 3.8) is 0 Å². The molecule has 0 radical (unpaired) electrons. The van der Waals surface area contributed by atoms with Crippen LogP contribution in [0, 0.1) is 5.92 Å². The van der Waals surface area contributed by atoms with Crippen molar-refractivity contribution >= 4 is 23.8 Å². The third-order valence-electron chi connectivity index (χ3n) is 8.36. The van der Waals surface area contributed by atoms with Crippen LogP contribution >= 0.6 is 11.6 Å². The third kappa shape index (κ3) is 7.15. The lowest BCUT2D eigenvalue weighted by Gasteiger charge is -2.31. The Hall–Kier alpha value is -1.89. The number of likely N-dealkylation sites (tertiary alicyclic amines) is 2. The van der Waals surface area contributed by atoms with Crippen molar-refractivity contribution in [2.45, 2.75) is 50.9 Å². The maximum atomic E-state index is 6.18. The van der Waals surface area contributed by atoms with Crippen molar-refractivity contribution in [2.75, 3.05) is 53.2 Å². The number of hydrogen-bond donors (Lipinski definition) is 1. The minimum atomic E-state index is 0.573. The van der Waals surface area contributed by atoms with Gasteiger partial charge in [-0.15, -0.1) is 0 Å². The highest BCUT2D eigenvalue weighted by Crippen LogP contribution is 2.26. The molecule has 3 aliphatic rings. The molecule has 0 spiro atoms. The SMILES string of the molecule is CN1CCC(CCNCOCN2CCC(c3cn(-c4ccc(Cl)cc4)c4/c3=C\C=C\CC/C=4)CC2)CC1. The van der Waals surface area contributed by atoms with Gasteiger partial charge in [0.15, 0.2) is 0 Å². The van der Waals surface area contributed by atoms with Gasteiger partial charge in [0.2, 0.25) is 0 Å². The number of nitrogens with zero attached hydrogens (tertiary/aromatic N) is 3. The van der Waals surface area contributed by atoms with Crippen LogP contribution in [0.25, 0.3) is 17.8 Å². The van der Waals surface area contributed by atoms with Gasteiger partial charge in [-0.05, 0) is 113 Å². The maximum absolute atomic E-state index is 6.18. The van der Waals surface area contributed by atoms with Crippen molar-refractivity contribution in [1.29, 1.82) is 0 Å². The highest BCUT2D eigenvalue weighted by molar-refractivity contribution is 6.30. The summed E-state index contributed by atoms with van der Waals surface area (Å²) in [6, 6.07) is 8.21. The largest absolute Gasteiger partial charge is 0.351 e. The van der Waals surface area contributed by atoms with Crippen LogP contribution in [0.5, 0.6) is 0 Å². The van der Waals surface area contributed by atoms with E-state index in [4.69, 9.17) is 16.3 Å². The minimum absolute atomic E-state index is 0.573. The zero-order valence-corrected chi connectivity index (χ0v) is 23.1. The fourth-order valence-electron chi connectivity index (χ4n) is 6.01. The third-order valence-corrected chi connectivity index (χ3v) is 8.61. The van der Waals surface area contributed by atoms with Crippen molar-refractivity contribution in [2.24, 2.45) is 5.92 Å². The molecule has 1 aromatic carbocycles. The molecule has 37 heavy (non-hydrogen) atoms. The quantitative estimate of drug-likeness (QED) is 0.389. The molecule has 1 N–H and O–H groups in total. The molecular formula is C31H43ClN4O. The minimum Gasteiger partial charge on any atom is -0.351 e. The van der Waals surface area contributed by atoms with Crippen LogP contribution in [0.4, 0.5) is 0 Å². The lowest BCUT2D eigenvalue weighted by molar-refractivity contribution is 0.00737. The molecule has 0 bridgehead atoms. The fourth-order valence-corrected chi connectivity index (χ4v) is 6.14. The monoisotopic (exact) mass is 522 g/mol. The Kier molecular flexibility index (Phi) is 9.57. The van der Waals surface area contributed by atoms with Gasteiger partial charge in [0.1, 0.15) is 6.73 Å². The lowest BCUT2D eigenvalue weighted by Crippen LogP contribution is -2.38. The Morgan fingerprint density at radius 1 is 1.00 bits per heavy atom. The molecule has 2 aromatic rings. The van der Waals surface area contributed by atoms with Crippen molar-refractivity contribution in [3.8, 4) is 5.69 Å². The molecule has 1 aromatic heterocycles. The van der Waals surface area contributed by atoms with Gasteiger partial charge in [-0.2, -0.15) is 0 Å². The average molecular weight is 523 g/mol. The number of halogens is 1. The Morgan fingerprint density at radius 2 is 1.78 bits per heavy atom. The standard InChI is InChI=1S/C31H43ClN4O/c1-34-18-13-25(14-19-34)12-17-33-23-37-24-35-20-15-26(16-21-35)30-22-36(28-10-8-27(32)9-11-28)31-7-5-3-2-4-6-29(30)31/h2,4,6-11,22,25-26,33H,3,5,12-21,23-24H2,1H3/b4-2+,29-6-,31-7-. The van der Waals surface area contributed by atoms with Gasteiger partial charge in [0.05, 0.1) is 6.73 Å². The molecule has 0 atom stereocenters.